The largest absolute Gasteiger partial charge is 0.316 e. The monoisotopic (exact) mass is 430 g/mol. The van der Waals surface area contributed by atoms with Crippen molar-refractivity contribution in [3.63, 3.8) is 0 Å². The fourth-order valence-corrected chi connectivity index (χ4v) is 7.03. The van der Waals surface area contributed by atoms with Crippen LogP contribution in [0.15, 0.2) is 27.7 Å². The molecule has 2 saturated heterocycles. The van der Waals surface area contributed by atoms with Crippen molar-refractivity contribution >= 4 is 54.3 Å². The topological polar surface area (TPSA) is 66.8 Å². The smallest absolute Gasteiger partial charge is 0.250 e. The maximum absolute atomic E-state index is 12.1. The van der Waals surface area contributed by atoms with Gasteiger partial charge in [-0.2, -0.15) is 4.99 Å². The van der Waals surface area contributed by atoms with E-state index in [1.807, 2.05) is 43.9 Å². The number of carbonyl (C=O) groups is 1. The van der Waals surface area contributed by atoms with Gasteiger partial charge in [0.2, 0.25) is 0 Å². The van der Waals surface area contributed by atoms with Crippen molar-refractivity contribution < 1.29 is 13.2 Å². The molecule has 1 amide bonds. The van der Waals surface area contributed by atoms with Gasteiger partial charge in [-0.25, -0.2) is 8.42 Å². The number of rotatable bonds is 2. The molecule has 0 aliphatic carbocycles. The average molecular weight is 431 g/mol. The summed E-state index contributed by atoms with van der Waals surface area (Å²) in [6, 6.07) is 5.70. The number of carbonyl (C=O) groups excluding carboxylic acids is 1. The van der Waals surface area contributed by atoms with Crippen LogP contribution in [0.2, 0.25) is 0 Å². The zero-order valence-electron chi connectivity index (χ0n) is 13.7. The summed E-state index contributed by atoms with van der Waals surface area (Å²) in [6.07, 6.45) is 0. The van der Waals surface area contributed by atoms with Crippen molar-refractivity contribution in [1.29, 1.82) is 0 Å². The maximum Gasteiger partial charge on any atom is 0.250 e. The normalized spacial score (nSPS) is 27.0. The van der Waals surface area contributed by atoms with E-state index in [2.05, 4.69) is 20.9 Å². The number of hydrogen-bond donors (Lipinski definition) is 0. The Bertz CT molecular complexity index is 821. The zero-order chi connectivity index (χ0) is 17.6. The van der Waals surface area contributed by atoms with Gasteiger partial charge in [-0.1, -0.05) is 41.5 Å². The van der Waals surface area contributed by atoms with Crippen molar-refractivity contribution in [2.75, 3.05) is 16.4 Å². The number of sulfone groups is 1. The molecule has 0 N–H and O–H groups in total. The number of halogens is 1. The van der Waals surface area contributed by atoms with Gasteiger partial charge < -0.3 is 4.90 Å². The Balaban J connectivity index is 2.04. The number of hydrogen-bond acceptors (Lipinski definition) is 4. The maximum atomic E-state index is 12.1. The van der Waals surface area contributed by atoms with Gasteiger partial charge >= 0.3 is 0 Å². The van der Waals surface area contributed by atoms with E-state index in [-0.39, 0.29) is 34.6 Å². The molecule has 2 fully saturated rings. The van der Waals surface area contributed by atoms with Crippen molar-refractivity contribution in [2.24, 2.45) is 10.9 Å². The van der Waals surface area contributed by atoms with E-state index in [0.717, 1.165) is 15.7 Å². The first kappa shape index (κ1) is 17.9. The lowest BCUT2D eigenvalue weighted by molar-refractivity contribution is -0.120. The van der Waals surface area contributed by atoms with Gasteiger partial charge in [0.05, 0.1) is 17.5 Å². The first-order valence-corrected chi connectivity index (χ1v) is 11.2. The van der Waals surface area contributed by atoms with Crippen LogP contribution in [0.3, 0.4) is 0 Å². The number of amides is 1. The van der Waals surface area contributed by atoms with Gasteiger partial charge in [0, 0.05) is 21.3 Å². The molecule has 3 rings (SSSR count). The Morgan fingerprint density at radius 2 is 2.08 bits per heavy atom. The Morgan fingerprint density at radius 1 is 1.38 bits per heavy atom. The highest BCUT2D eigenvalue weighted by atomic mass is 79.9. The number of thioether (sulfide) groups is 1. The number of nitrogens with zero attached hydrogens (tertiary/aromatic N) is 2. The molecule has 130 valence electrons. The molecule has 2 aliphatic rings. The number of benzene rings is 1. The third kappa shape index (κ3) is 3.41. The molecule has 0 radical (unpaired) electrons. The quantitative estimate of drug-likeness (QED) is 0.720. The summed E-state index contributed by atoms with van der Waals surface area (Å²) in [4.78, 5) is 18.3. The van der Waals surface area contributed by atoms with Gasteiger partial charge in [-0.05, 0) is 30.7 Å². The summed E-state index contributed by atoms with van der Waals surface area (Å²) in [7, 11) is -3.04. The predicted molar refractivity (Wildman–Crippen MR) is 102 cm³/mol. The van der Waals surface area contributed by atoms with Gasteiger partial charge in [0.25, 0.3) is 5.91 Å². The van der Waals surface area contributed by atoms with E-state index in [4.69, 9.17) is 0 Å². The number of anilines is 1. The summed E-state index contributed by atoms with van der Waals surface area (Å²) in [6.45, 7) is 5.60. The molecule has 2 atom stereocenters. The van der Waals surface area contributed by atoms with Crippen LogP contribution in [0.5, 0.6) is 0 Å². The number of aliphatic imine (C=N–C) groups is 1. The summed E-state index contributed by atoms with van der Waals surface area (Å²) >= 11 is 4.89. The first-order valence-electron chi connectivity index (χ1n) is 7.73. The minimum Gasteiger partial charge on any atom is -0.316 e. The van der Waals surface area contributed by atoms with E-state index >= 15 is 0 Å². The minimum absolute atomic E-state index is 0.0716. The summed E-state index contributed by atoms with van der Waals surface area (Å²) in [5.41, 5.74) is 1.93. The Morgan fingerprint density at radius 3 is 2.71 bits per heavy atom. The van der Waals surface area contributed by atoms with Crippen LogP contribution >= 0.6 is 27.7 Å². The molecular formula is C16H19BrN2O3S2. The second-order valence-electron chi connectivity index (χ2n) is 6.49. The lowest BCUT2D eigenvalue weighted by atomic mass is 10.1. The molecule has 1 aromatic rings. The first-order chi connectivity index (χ1) is 11.2. The average Bonchev–Trinajstić information content (AvgIpc) is 2.93. The molecule has 0 aromatic heterocycles. The third-order valence-corrected chi connectivity index (χ3v) is 8.29. The number of aryl methyl sites for hydroxylation is 1. The highest BCUT2D eigenvalue weighted by Gasteiger charge is 2.49. The summed E-state index contributed by atoms with van der Waals surface area (Å²) < 4.78 is 25.0. The fourth-order valence-electron chi connectivity index (χ4n) is 2.87. The van der Waals surface area contributed by atoms with Gasteiger partial charge in [-0.15, -0.1) is 0 Å². The van der Waals surface area contributed by atoms with Crippen LogP contribution < -0.4 is 4.90 Å². The van der Waals surface area contributed by atoms with Crippen LogP contribution in [-0.4, -0.2) is 42.3 Å². The molecular weight excluding hydrogens is 412 g/mol. The van der Waals surface area contributed by atoms with Gasteiger partial charge in [-0.3, -0.25) is 4.79 Å². The SMILES string of the molecule is Cc1cc(N2C(=NC(=O)C(C)C)S[C@H]3CS(=O)(=O)C[C@H]32)ccc1Br. The predicted octanol–water partition coefficient (Wildman–Crippen LogP) is 3.01. The minimum atomic E-state index is -3.04. The van der Waals surface area contributed by atoms with Crippen molar-refractivity contribution in [1.82, 2.24) is 0 Å². The van der Waals surface area contributed by atoms with Gasteiger partial charge in [0.1, 0.15) is 0 Å². The van der Waals surface area contributed by atoms with E-state index in [9.17, 15) is 13.2 Å². The second kappa shape index (κ2) is 6.46. The van der Waals surface area contributed by atoms with Crippen LogP contribution in [0.4, 0.5) is 5.69 Å². The Hall–Kier alpha value is -0.860. The van der Waals surface area contributed by atoms with E-state index in [0.29, 0.717) is 5.17 Å². The number of fused-ring (bicyclic) bond motifs is 1. The molecule has 24 heavy (non-hydrogen) atoms. The lowest BCUT2D eigenvalue weighted by Crippen LogP contribution is -2.37. The van der Waals surface area contributed by atoms with E-state index in [1.165, 1.54) is 11.8 Å². The van der Waals surface area contributed by atoms with Crippen LogP contribution in [0, 0.1) is 12.8 Å². The number of amidine groups is 1. The molecule has 0 spiro atoms. The molecule has 0 saturated carbocycles. The van der Waals surface area contributed by atoms with Crippen LogP contribution in [0.25, 0.3) is 0 Å². The van der Waals surface area contributed by atoms with E-state index in [1.54, 1.807) is 0 Å². The second-order valence-corrected chi connectivity index (χ2v) is 10.7. The van der Waals surface area contributed by atoms with Crippen LogP contribution in [0.1, 0.15) is 19.4 Å². The molecule has 5 nitrogen and oxygen atoms in total. The summed E-state index contributed by atoms with van der Waals surface area (Å²) in [5, 5.41) is 0.540. The van der Waals surface area contributed by atoms with Crippen LogP contribution in [-0.2, 0) is 14.6 Å². The van der Waals surface area contributed by atoms with Crippen molar-refractivity contribution in [2.45, 2.75) is 32.1 Å². The highest BCUT2D eigenvalue weighted by Crippen LogP contribution is 2.41. The Kier molecular flexibility index (Phi) is 4.83. The lowest BCUT2D eigenvalue weighted by Gasteiger charge is -2.25. The molecule has 0 bridgehead atoms. The molecule has 2 heterocycles. The highest BCUT2D eigenvalue weighted by molar-refractivity contribution is 9.10. The summed E-state index contributed by atoms with van der Waals surface area (Å²) in [5.74, 6) is -0.118. The molecule has 8 heteroatoms. The van der Waals surface area contributed by atoms with Crippen molar-refractivity contribution in [3.05, 3.63) is 28.2 Å². The zero-order valence-corrected chi connectivity index (χ0v) is 16.9. The Labute approximate surface area is 155 Å². The third-order valence-electron chi connectivity index (χ3n) is 4.19. The van der Waals surface area contributed by atoms with Crippen molar-refractivity contribution in [3.8, 4) is 0 Å². The van der Waals surface area contributed by atoms with Gasteiger partial charge in [0.15, 0.2) is 15.0 Å². The molecule has 2 aliphatic heterocycles. The fraction of sp³-hybridized carbons (Fsp3) is 0.500. The molecule has 0 unspecified atom stereocenters. The molecule has 1 aromatic carbocycles. The standard InChI is InChI=1S/C16H19BrN2O3S2/c1-9(2)15(20)18-16-19(11-4-5-12(17)10(3)6-11)13-7-24(21,22)8-14(13)23-16/h4-6,9,13-14H,7-8H2,1-3H3/t13-,14+/m1/s1. The van der Waals surface area contributed by atoms with E-state index < -0.39 is 9.84 Å².